The van der Waals surface area contributed by atoms with E-state index in [-0.39, 0.29) is 5.75 Å². The molecule has 0 atom stereocenters. The van der Waals surface area contributed by atoms with E-state index in [0.717, 1.165) is 18.0 Å². The SMILES string of the molecule is Oc1cccc(Cl)c1CNCCC1CC1. The number of aromatic hydroxyl groups is 1. The Balaban J connectivity index is 1.80. The molecule has 0 radical (unpaired) electrons. The molecular formula is C12H16ClNO. The minimum absolute atomic E-state index is 0.279. The predicted octanol–water partition coefficient (Wildman–Crippen LogP) is 2.94. The first kappa shape index (κ1) is 10.8. The van der Waals surface area contributed by atoms with E-state index >= 15 is 0 Å². The molecule has 2 rings (SSSR count). The lowest BCUT2D eigenvalue weighted by molar-refractivity contribution is 0.464. The zero-order valence-electron chi connectivity index (χ0n) is 8.67. The van der Waals surface area contributed by atoms with Crippen LogP contribution in [0.4, 0.5) is 0 Å². The molecule has 1 aliphatic rings. The van der Waals surface area contributed by atoms with Gasteiger partial charge in [-0.3, -0.25) is 0 Å². The van der Waals surface area contributed by atoms with Crippen molar-refractivity contribution in [2.75, 3.05) is 6.54 Å². The average molecular weight is 226 g/mol. The smallest absolute Gasteiger partial charge is 0.121 e. The lowest BCUT2D eigenvalue weighted by atomic mass is 10.2. The number of benzene rings is 1. The second kappa shape index (κ2) is 4.86. The highest BCUT2D eigenvalue weighted by Crippen LogP contribution is 2.31. The van der Waals surface area contributed by atoms with Crippen molar-refractivity contribution >= 4 is 11.6 Å². The molecule has 82 valence electrons. The monoisotopic (exact) mass is 225 g/mol. The van der Waals surface area contributed by atoms with E-state index < -0.39 is 0 Å². The van der Waals surface area contributed by atoms with Crippen molar-refractivity contribution in [1.29, 1.82) is 0 Å². The van der Waals surface area contributed by atoms with Crippen LogP contribution in [0.2, 0.25) is 5.02 Å². The van der Waals surface area contributed by atoms with E-state index in [1.807, 2.05) is 0 Å². The van der Waals surface area contributed by atoms with E-state index in [1.165, 1.54) is 19.3 Å². The van der Waals surface area contributed by atoms with Gasteiger partial charge in [-0.15, -0.1) is 0 Å². The molecule has 0 heterocycles. The summed E-state index contributed by atoms with van der Waals surface area (Å²) >= 11 is 5.98. The summed E-state index contributed by atoms with van der Waals surface area (Å²) in [5, 5.41) is 13.5. The average Bonchev–Trinajstić information content (AvgIpc) is 3.00. The third kappa shape index (κ3) is 3.11. The summed E-state index contributed by atoms with van der Waals surface area (Å²) < 4.78 is 0. The van der Waals surface area contributed by atoms with Crippen molar-refractivity contribution in [2.45, 2.75) is 25.8 Å². The van der Waals surface area contributed by atoms with Crippen LogP contribution < -0.4 is 5.32 Å². The van der Waals surface area contributed by atoms with E-state index in [2.05, 4.69) is 5.32 Å². The highest BCUT2D eigenvalue weighted by molar-refractivity contribution is 6.31. The van der Waals surface area contributed by atoms with Gasteiger partial charge >= 0.3 is 0 Å². The first-order chi connectivity index (χ1) is 7.27. The number of phenols is 1. The highest BCUT2D eigenvalue weighted by atomic mass is 35.5. The Bertz CT molecular complexity index is 316. The molecule has 1 aliphatic carbocycles. The number of nitrogens with one attached hydrogen (secondary N) is 1. The van der Waals surface area contributed by atoms with Crippen LogP contribution in [0.25, 0.3) is 0 Å². The molecule has 0 aliphatic heterocycles. The topological polar surface area (TPSA) is 32.3 Å². The second-order valence-electron chi connectivity index (χ2n) is 4.15. The Morgan fingerprint density at radius 2 is 2.20 bits per heavy atom. The molecule has 0 saturated heterocycles. The maximum atomic E-state index is 9.59. The fraction of sp³-hybridized carbons (Fsp3) is 0.500. The summed E-state index contributed by atoms with van der Waals surface area (Å²) in [5.41, 5.74) is 0.801. The maximum absolute atomic E-state index is 9.59. The van der Waals surface area contributed by atoms with Crippen molar-refractivity contribution in [2.24, 2.45) is 5.92 Å². The third-order valence-electron chi connectivity index (χ3n) is 2.82. The summed E-state index contributed by atoms with van der Waals surface area (Å²) in [6, 6.07) is 5.23. The molecule has 0 aromatic heterocycles. The van der Waals surface area contributed by atoms with Crippen LogP contribution >= 0.6 is 11.6 Å². The van der Waals surface area contributed by atoms with Gasteiger partial charge in [0.25, 0.3) is 0 Å². The van der Waals surface area contributed by atoms with Crippen molar-refractivity contribution in [3.8, 4) is 5.75 Å². The third-order valence-corrected chi connectivity index (χ3v) is 3.18. The Labute approximate surface area is 95.3 Å². The molecule has 0 spiro atoms. The van der Waals surface area contributed by atoms with E-state index in [9.17, 15) is 5.11 Å². The van der Waals surface area contributed by atoms with Crippen LogP contribution in [0.3, 0.4) is 0 Å². The summed E-state index contributed by atoms with van der Waals surface area (Å²) in [6.45, 7) is 1.66. The molecule has 1 aromatic carbocycles. The molecule has 0 bridgehead atoms. The van der Waals surface area contributed by atoms with Crippen LogP contribution in [-0.4, -0.2) is 11.7 Å². The summed E-state index contributed by atoms with van der Waals surface area (Å²) in [6.07, 6.45) is 4.02. The van der Waals surface area contributed by atoms with Crippen molar-refractivity contribution < 1.29 is 5.11 Å². The summed E-state index contributed by atoms with van der Waals surface area (Å²) in [5.74, 6) is 1.22. The van der Waals surface area contributed by atoms with Gasteiger partial charge in [-0.1, -0.05) is 30.5 Å². The standard InChI is InChI=1S/C12H16ClNO/c13-11-2-1-3-12(15)10(11)8-14-7-6-9-4-5-9/h1-3,9,14-15H,4-8H2. The highest BCUT2D eigenvalue weighted by Gasteiger charge is 2.20. The van der Waals surface area contributed by atoms with Gasteiger partial charge in [0.1, 0.15) is 5.75 Å². The Kier molecular flexibility index (Phi) is 3.49. The second-order valence-corrected chi connectivity index (χ2v) is 4.55. The number of hydrogen-bond acceptors (Lipinski definition) is 2. The minimum Gasteiger partial charge on any atom is -0.508 e. The van der Waals surface area contributed by atoms with Crippen molar-refractivity contribution in [3.05, 3.63) is 28.8 Å². The first-order valence-electron chi connectivity index (χ1n) is 5.44. The molecule has 3 heteroatoms. The van der Waals surface area contributed by atoms with E-state index in [0.29, 0.717) is 11.6 Å². The van der Waals surface area contributed by atoms with Gasteiger partial charge in [-0.25, -0.2) is 0 Å². The lowest BCUT2D eigenvalue weighted by Crippen LogP contribution is -2.15. The molecule has 1 aromatic rings. The van der Waals surface area contributed by atoms with Gasteiger partial charge in [0.15, 0.2) is 0 Å². The molecule has 1 fully saturated rings. The fourth-order valence-corrected chi connectivity index (χ4v) is 1.88. The van der Waals surface area contributed by atoms with Crippen LogP contribution in [0.5, 0.6) is 5.75 Å². The zero-order chi connectivity index (χ0) is 10.7. The normalized spacial score (nSPS) is 15.5. The number of phenolic OH excluding ortho intramolecular Hbond substituents is 1. The fourth-order valence-electron chi connectivity index (χ4n) is 1.65. The molecule has 0 unspecified atom stereocenters. The molecule has 0 amide bonds. The molecule has 2 nitrogen and oxygen atoms in total. The Hall–Kier alpha value is -0.730. The van der Waals surface area contributed by atoms with E-state index in [4.69, 9.17) is 11.6 Å². The Morgan fingerprint density at radius 1 is 1.40 bits per heavy atom. The van der Waals surface area contributed by atoms with Crippen molar-refractivity contribution in [3.63, 3.8) is 0 Å². The van der Waals surface area contributed by atoms with Gasteiger partial charge in [-0.05, 0) is 31.0 Å². The lowest BCUT2D eigenvalue weighted by Gasteiger charge is -2.08. The number of hydrogen-bond donors (Lipinski definition) is 2. The summed E-state index contributed by atoms with van der Waals surface area (Å²) in [7, 11) is 0. The minimum atomic E-state index is 0.279. The number of rotatable bonds is 5. The van der Waals surface area contributed by atoms with E-state index in [1.54, 1.807) is 18.2 Å². The zero-order valence-corrected chi connectivity index (χ0v) is 9.43. The van der Waals surface area contributed by atoms with Gasteiger partial charge in [0.05, 0.1) is 0 Å². The van der Waals surface area contributed by atoms with Crippen LogP contribution in [0.15, 0.2) is 18.2 Å². The first-order valence-corrected chi connectivity index (χ1v) is 5.82. The molecule has 1 saturated carbocycles. The van der Waals surface area contributed by atoms with Gasteiger partial charge in [0.2, 0.25) is 0 Å². The quantitative estimate of drug-likeness (QED) is 0.756. The largest absolute Gasteiger partial charge is 0.508 e. The molecule has 2 N–H and O–H groups in total. The van der Waals surface area contributed by atoms with Crippen molar-refractivity contribution in [1.82, 2.24) is 5.32 Å². The van der Waals surface area contributed by atoms with Crippen LogP contribution in [-0.2, 0) is 6.54 Å². The predicted molar refractivity (Wildman–Crippen MR) is 62.2 cm³/mol. The van der Waals surface area contributed by atoms with Gasteiger partial charge < -0.3 is 10.4 Å². The number of halogens is 1. The molecular weight excluding hydrogens is 210 g/mol. The Morgan fingerprint density at radius 3 is 2.87 bits per heavy atom. The van der Waals surface area contributed by atoms with Gasteiger partial charge in [0, 0.05) is 17.1 Å². The van der Waals surface area contributed by atoms with Gasteiger partial charge in [-0.2, -0.15) is 0 Å². The maximum Gasteiger partial charge on any atom is 0.121 e. The summed E-state index contributed by atoms with van der Waals surface area (Å²) in [4.78, 5) is 0. The van der Waals surface area contributed by atoms with Crippen LogP contribution in [0.1, 0.15) is 24.8 Å². The molecule has 15 heavy (non-hydrogen) atoms. The van der Waals surface area contributed by atoms with Crippen LogP contribution in [0, 0.1) is 5.92 Å².